The summed E-state index contributed by atoms with van der Waals surface area (Å²) in [7, 11) is 0. The number of rotatable bonds is 9. The smallest absolute Gasteiger partial charge is 0.377 e. The second-order valence-electron chi connectivity index (χ2n) is 6.09. The number of alkyl halides is 13. The molecule has 31 heavy (non-hydrogen) atoms. The van der Waals surface area contributed by atoms with E-state index in [0.717, 1.165) is 19.1 Å². The van der Waals surface area contributed by atoms with Crippen molar-refractivity contribution in [1.29, 1.82) is 0 Å². The lowest BCUT2D eigenvalue weighted by Gasteiger charge is -2.40. The predicted molar refractivity (Wildman–Crippen MR) is 81.7 cm³/mol. The van der Waals surface area contributed by atoms with Crippen LogP contribution in [0.5, 0.6) is 0 Å². The van der Waals surface area contributed by atoms with Gasteiger partial charge in [-0.2, -0.15) is 57.1 Å². The largest absolute Gasteiger partial charge is 0.460 e. The second-order valence-corrected chi connectivity index (χ2v) is 6.09. The average Bonchev–Trinajstić information content (AvgIpc) is 2.64. The maximum absolute atomic E-state index is 14.3. The van der Waals surface area contributed by atoms with Crippen molar-refractivity contribution < 1.29 is 61.8 Å². The van der Waals surface area contributed by atoms with Crippen LogP contribution in [0.15, 0.2) is 35.9 Å². The van der Waals surface area contributed by atoms with Gasteiger partial charge in [-0.05, 0) is 18.6 Å². The second kappa shape index (κ2) is 8.51. The lowest BCUT2D eigenvalue weighted by atomic mass is 9.90. The van der Waals surface area contributed by atoms with Gasteiger partial charge in [0.1, 0.15) is 0 Å². The van der Waals surface area contributed by atoms with E-state index in [0.29, 0.717) is 0 Å². The number of benzene rings is 1. The highest BCUT2D eigenvalue weighted by atomic mass is 19.4. The van der Waals surface area contributed by atoms with Gasteiger partial charge in [0, 0.05) is 12.2 Å². The highest BCUT2D eigenvalue weighted by Gasteiger charge is 2.91. The van der Waals surface area contributed by atoms with E-state index in [-0.39, 0.29) is 11.6 Å². The monoisotopic (exact) mass is 480 g/mol. The lowest BCUT2D eigenvalue weighted by Crippen LogP contribution is -2.70. The highest BCUT2D eigenvalue weighted by Crippen LogP contribution is 2.61. The zero-order chi connectivity index (χ0) is 24.5. The Labute approximate surface area is 166 Å². The van der Waals surface area contributed by atoms with Gasteiger partial charge in [-0.1, -0.05) is 30.3 Å². The molecule has 1 nitrogen and oxygen atoms in total. The van der Waals surface area contributed by atoms with Crippen LogP contribution in [-0.4, -0.2) is 49.0 Å². The minimum atomic E-state index is -7.94. The third-order valence-corrected chi connectivity index (χ3v) is 3.94. The first-order chi connectivity index (χ1) is 13.8. The topological polar surface area (TPSA) is 9.23 Å². The van der Waals surface area contributed by atoms with Crippen LogP contribution < -0.4 is 0 Å². The third-order valence-electron chi connectivity index (χ3n) is 3.94. The van der Waals surface area contributed by atoms with Gasteiger partial charge in [-0.3, -0.25) is 0 Å². The van der Waals surface area contributed by atoms with Crippen LogP contribution in [0.2, 0.25) is 0 Å². The fourth-order valence-electron chi connectivity index (χ4n) is 2.16. The van der Waals surface area contributed by atoms with Gasteiger partial charge < -0.3 is 4.74 Å². The van der Waals surface area contributed by atoms with Crippen molar-refractivity contribution in [3.8, 4) is 0 Å². The van der Waals surface area contributed by atoms with Crippen molar-refractivity contribution in [3.05, 3.63) is 41.5 Å². The van der Waals surface area contributed by atoms with Crippen LogP contribution >= 0.6 is 0 Å². The van der Waals surface area contributed by atoms with E-state index in [1.54, 1.807) is 0 Å². The van der Waals surface area contributed by atoms with Gasteiger partial charge in [0.2, 0.25) is 0 Å². The normalized spacial score (nSPS) is 15.4. The Morgan fingerprint density at radius 2 is 1.16 bits per heavy atom. The Morgan fingerprint density at radius 3 is 1.58 bits per heavy atom. The molecule has 0 radical (unpaired) electrons. The molecule has 0 saturated heterocycles. The first-order valence-electron chi connectivity index (χ1n) is 8.08. The molecule has 178 valence electrons. The van der Waals surface area contributed by atoms with E-state index in [2.05, 4.69) is 4.74 Å². The van der Waals surface area contributed by atoms with Crippen molar-refractivity contribution in [3.63, 3.8) is 0 Å². The van der Waals surface area contributed by atoms with E-state index >= 15 is 0 Å². The SMILES string of the molecule is CCOCC(=Cc1ccccc1)C(F)(F)C(F)(F)C(F)(F)C(F)(F)C(F)(F)C(F)(F)F. The first-order valence-corrected chi connectivity index (χ1v) is 8.08. The standard InChI is InChI=1S/C17H13F13O/c1-2-31-9-11(8-10-6-4-3-5-7-10)12(18,19)13(20,21)14(22,23)15(24,25)16(26,27)17(28,29)30/h3-8H,2,9H2,1H3. The Hall–Kier alpha value is -1.99. The lowest BCUT2D eigenvalue weighted by molar-refractivity contribution is -0.437. The minimum absolute atomic E-state index is 0.139. The molecule has 0 aliphatic heterocycles. The zero-order valence-electron chi connectivity index (χ0n) is 15.2. The quantitative estimate of drug-likeness (QED) is 0.352. The van der Waals surface area contributed by atoms with Crippen LogP contribution in [0.25, 0.3) is 6.08 Å². The number of hydrogen-bond acceptors (Lipinski definition) is 1. The van der Waals surface area contributed by atoms with E-state index in [4.69, 9.17) is 0 Å². The molecule has 0 fully saturated rings. The number of halogens is 13. The van der Waals surface area contributed by atoms with Crippen LogP contribution in [0.4, 0.5) is 57.1 Å². The maximum Gasteiger partial charge on any atom is 0.460 e. The Kier molecular flexibility index (Phi) is 7.42. The van der Waals surface area contributed by atoms with Crippen molar-refractivity contribution in [2.45, 2.75) is 42.7 Å². The summed E-state index contributed by atoms with van der Waals surface area (Å²) in [6.45, 7) is -0.846. The summed E-state index contributed by atoms with van der Waals surface area (Å²) in [5.74, 6) is -37.3. The van der Waals surface area contributed by atoms with E-state index < -0.39 is 54.6 Å². The highest BCUT2D eigenvalue weighted by molar-refractivity contribution is 5.55. The van der Waals surface area contributed by atoms with Crippen LogP contribution in [0.3, 0.4) is 0 Å². The molecular formula is C17H13F13O. The molecule has 1 rings (SSSR count). The van der Waals surface area contributed by atoms with Gasteiger partial charge in [0.25, 0.3) is 0 Å². The van der Waals surface area contributed by atoms with Crippen molar-refractivity contribution in [1.82, 2.24) is 0 Å². The third kappa shape index (κ3) is 4.48. The molecule has 1 aromatic rings. The summed E-state index contributed by atoms with van der Waals surface area (Å²) < 4.78 is 177. The van der Waals surface area contributed by atoms with E-state index in [1.165, 1.54) is 18.2 Å². The van der Waals surface area contributed by atoms with Crippen LogP contribution in [0.1, 0.15) is 12.5 Å². The van der Waals surface area contributed by atoms with Crippen molar-refractivity contribution in [2.75, 3.05) is 13.2 Å². The molecule has 0 bridgehead atoms. The molecule has 0 aliphatic carbocycles. The molecule has 0 heterocycles. The van der Waals surface area contributed by atoms with Crippen LogP contribution in [0, 0.1) is 0 Å². The molecule has 14 heteroatoms. The molecule has 0 aromatic heterocycles. The van der Waals surface area contributed by atoms with Gasteiger partial charge in [0.05, 0.1) is 6.61 Å². The fraction of sp³-hybridized carbons (Fsp3) is 0.529. The molecule has 0 saturated carbocycles. The fourth-order valence-corrected chi connectivity index (χ4v) is 2.16. The summed E-state index contributed by atoms with van der Waals surface area (Å²) in [6.07, 6.45) is -7.31. The average molecular weight is 480 g/mol. The van der Waals surface area contributed by atoms with Crippen LogP contribution in [-0.2, 0) is 4.74 Å². The predicted octanol–water partition coefficient (Wildman–Crippen LogP) is 6.85. The number of ether oxygens (including phenoxy) is 1. The Bertz CT molecular complexity index is 766. The van der Waals surface area contributed by atoms with Gasteiger partial charge >= 0.3 is 35.8 Å². The Morgan fingerprint density at radius 1 is 0.710 bits per heavy atom. The summed E-state index contributed by atoms with van der Waals surface area (Å²) in [5.41, 5.74) is -2.39. The van der Waals surface area contributed by atoms with Crippen molar-refractivity contribution >= 4 is 6.08 Å². The minimum Gasteiger partial charge on any atom is -0.377 e. The van der Waals surface area contributed by atoms with E-state index in [9.17, 15) is 57.1 Å². The molecule has 0 spiro atoms. The van der Waals surface area contributed by atoms with E-state index in [1.807, 2.05) is 0 Å². The molecule has 0 unspecified atom stereocenters. The molecule has 0 aliphatic rings. The molecular weight excluding hydrogens is 467 g/mol. The summed E-state index contributed by atoms with van der Waals surface area (Å²) >= 11 is 0. The van der Waals surface area contributed by atoms with Crippen molar-refractivity contribution in [2.24, 2.45) is 0 Å². The molecule has 0 atom stereocenters. The Balaban J connectivity index is 3.62. The first kappa shape index (κ1) is 27.0. The zero-order valence-corrected chi connectivity index (χ0v) is 15.2. The van der Waals surface area contributed by atoms with Gasteiger partial charge in [-0.25, -0.2) is 0 Å². The molecule has 0 amide bonds. The molecule has 0 N–H and O–H groups in total. The molecule has 1 aromatic carbocycles. The maximum atomic E-state index is 14.3. The summed E-state index contributed by atoms with van der Waals surface area (Å²) in [6, 6.07) is 5.72. The summed E-state index contributed by atoms with van der Waals surface area (Å²) in [4.78, 5) is 0. The van der Waals surface area contributed by atoms with Gasteiger partial charge in [-0.15, -0.1) is 0 Å². The van der Waals surface area contributed by atoms with Gasteiger partial charge in [0.15, 0.2) is 0 Å². The number of hydrogen-bond donors (Lipinski definition) is 0. The summed E-state index contributed by atoms with van der Waals surface area (Å²) in [5, 5.41) is 0.